The van der Waals surface area contributed by atoms with Gasteiger partial charge in [0.05, 0.1) is 6.61 Å². The Bertz CT molecular complexity index is 478. The lowest BCUT2D eigenvalue weighted by Crippen LogP contribution is -2.29. The van der Waals surface area contributed by atoms with Gasteiger partial charge in [-0.15, -0.1) is 0 Å². The van der Waals surface area contributed by atoms with Crippen molar-refractivity contribution in [2.75, 3.05) is 31.6 Å². The fraction of sp³-hybridized carbons (Fsp3) is 0.538. The third-order valence-electron chi connectivity index (χ3n) is 2.37. The van der Waals surface area contributed by atoms with Crippen molar-refractivity contribution in [3.05, 3.63) is 23.4 Å². The summed E-state index contributed by atoms with van der Waals surface area (Å²) < 4.78 is 39.9. The maximum absolute atomic E-state index is 11.9. The van der Waals surface area contributed by atoms with Crippen LogP contribution in [-0.2, 0) is 4.74 Å². The Labute approximate surface area is 120 Å². The smallest absolute Gasteiger partial charge is 0.370 e. The highest BCUT2D eigenvalue weighted by Crippen LogP contribution is 2.14. The second-order valence-electron chi connectivity index (χ2n) is 4.34. The van der Waals surface area contributed by atoms with E-state index in [1.807, 2.05) is 6.92 Å². The molecule has 5 nitrogen and oxygen atoms in total. The van der Waals surface area contributed by atoms with E-state index < -0.39 is 12.8 Å². The number of alkyl halides is 3. The predicted octanol–water partition coefficient (Wildman–Crippen LogP) is 2.13. The molecule has 0 saturated carbocycles. The van der Waals surface area contributed by atoms with Gasteiger partial charge in [0, 0.05) is 24.3 Å². The molecular formula is C13H18F3N3O2. The third-order valence-corrected chi connectivity index (χ3v) is 2.37. The first-order valence-electron chi connectivity index (χ1n) is 6.47. The largest absolute Gasteiger partial charge is 0.411 e. The first kappa shape index (κ1) is 17.2. The second-order valence-corrected chi connectivity index (χ2v) is 4.34. The molecule has 0 fully saturated rings. The zero-order valence-corrected chi connectivity index (χ0v) is 11.9. The Balaban J connectivity index is 2.45. The molecule has 2 N–H and O–H groups in total. The minimum absolute atomic E-state index is 0.00677. The number of anilines is 1. The fourth-order valence-electron chi connectivity index (χ4n) is 1.60. The molecule has 1 rings (SSSR count). The summed E-state index contributed by atoms with van der Waals surface area (Å²) in [6.45, 7) is 2.82. The average Bonchev–Trinajstić information content (AvgIpc) is 2.36. The number of nitrogens with one attached hydrogen (secondary N) is 2. The van der Waals surface area contributed by atoms with Crippen molar-refractivity contribution in [1.29, 1.82) is 0 Å². The number of amides is 1. The highest BCUT2D eigenvalue weighted by atomic mass is 19.4. The van der Waals surface area contributed by atoms with Gasteiger partial charge in [0.1, 0.15) is 12.4 Å². The predicted molar refractivity (Wildman–Crippen MR) is 72.3 cm³/mol. The van der Waals surface area contributed by atoms with Crippen LogP contribution in [0.5, 0.6) is 0 Å². The first-order valence-corrected chi connectivity index (χ1v) is 6.47. The summed E-state index contributed by atoms with van der Waals surface area (Å²) >= 11 is 0. The van der Waals surface area contributed by atoms with Gasteiger partial charge in [-0.25, -0.2) is 4.98 Å². The van der Waals surface area contributed by atoms with Crippen molar-refractivity contribution in [2.45, 2.75) is 20.0 Å². The lowest BCUT2D eigenvalue weighted by molar-refractivity contribution is -0.173. The second kappa shape index (κ2) is 7.82. The summed E-state index contributed by atoms with van der Waals surface area (Å²) in [4.78, 5) is 16.1. The summed E-state index contributed by atoms with van der Waals surface area (Å²) in [5.74, 6) is 0.200. The molecule has 0 aliphatic carbocycles. The number of nitrogens with zero attached hydrogens (tertiary/aromatic N) is 1. The van der Waals surface area contributed by atoms with Crippen LogP contribution in [0.2, 0.25) is 0 Å². The molecule has 0 aliphatic rings. The van der Waals surface area contributed by atoms with Gasteiger partial charge in [-0.05, 0) is 26.0 Å². The standard InChI is InChI=1S/C13H18F3N3O2/c1-3-17-11-7-10(6-9(2)19-11)12(20)18-4-5-21-8-13(14,15)16/h6-7H,3-5,8H2,1-2H3,(H,17,19)(H,18,20). The van der Waals surface area contributed by atoms with E-state index in [2.05, 4.69) is 20.4 Å². The summed E-state index contributed by atoms with van der Waals surface area (Å²) in [7, 11) is 0. The third kappa shape index (κ3) is 6.94. The zero-order valence-electron chi connectivity index (χ0n) is 11.9. The maximum atomic E-state index is 11.9. The Hall–Kier alpha value is -1.83. The number of ether oxygens (including phenoxy) is 1. The topological polar surface area (TPSA) is 63.2 Å². The molecule has 0 aliphatic heterocycles. The molecule has 1 aromatic heterocycles. The van der Waals surface area contributed by atoms with Crippen molar-refractivity contribution in [1.82, 2.24) is 10.3 Å². The molecule has 0 saturated heterocycles. The van der Waals surface area contributed by atoms with Crippen molar-refractivity contribution in [3.8, 4) is 0 Å². The normalized spacial score (nSPS) is 11.3. The molecule has 1 heterocycles. The van der Waals surface area contributed by atoms with Crippen LogP contribution in [0.15, 0.2) is 12.1 Å². The van der Waals surface area contributed by atoms with Gasteiger partial charge in [-0.3, -0.25) is 4.79 Å². The molecule has 21 heavy (non-hydrogen) atoms. The number of rotatable bonds is 7. The van der Waals surface area contributed by atoms with Gasteiger partial charge < -0.3 is 15.4 Å². The monoisotopic (exact) mass is 305 g/mol. The summed E-state index contributed by atoms with van der Waals surface area (Å²) in [5, 5.41) is 5.49. The molecule has 118 valence electrons. The van der Waals surface area contributed by atoms with Crippen molar-refractivity contribution in [3.63, 3.8) is 0 Å². The van der Waals surface area contributed by atoms with Crippen LogP contribution in [0.3, 0.4) is 0 Å². The van der Waals surface area contributed by atoms with Crippen LogP contribution in [0.4, 0.5) is 19.0 Å². The van der Waals surface area contributed by atoms with Crippen LogP contribution < -0.4 is 10.6 Å². The minimum atomic E-state index is -4.35. The minimum Gasteiger partial charge on any atom is -0.370 e. The van der Waals surface area contributed by atoms with E-state index in [9.17, 15) is 18.0 Å². The van der Waals surface area contributed by atoms with Gasteiger partial charge >= 0.3 is 6.18 Å². The lowest BCUT2D eigenvalue weighted by atomic mass is 10.2. The molecule has 0 aromatic carbocycles. The number of pyridine rings is 1. The molecule has 0 unspecified atom stereocenters. The summed E-state index contributed by atoms with van der Waals surface area (Å²) in [6.07, 6.45) is -4.35. The lowest BCUT2D eigenvalue weighted by Gasteiger charge is -2.10. The van der Waals surface area contributed by atoms with E-state index >= 15 is 0 Å². The molecule has 1 aromatic rings. The Morgan fingerprint density at radius 2 is 2.10 bits per heavy atom. The Kier molecular flexibility index (Phi) is 6.41. The van der Waals surface area contributed by atoms with Crippen molar-refractivity contribution >= 4 is 11.7 Å². The van der Waals surface area contributed by atoms with Crippen molar-refractivity contribution < 1.29 is 22.7 Å². The molecule has 0 spiro atoms. The Morgan fingerprint density at radius 3 is 2.71 bits per heavy atom. The summed E-state index contributed by atoms with van der Waals surface area (Å²) in [6, 6.07) is 3.19. The molecule has 0 atom stereocenters. The molecule has 0 radical (unpaired) electrons. The highest BCUT2D eigenvalue weighted by molar-refractivity contribution is 5.94. The van der Waals surface area contributed by atoms with Gasteiger partial charge in [-0.1, -0.05) is 0 Å². The highest BCUT2D eigenvalue weighted by Gasteiger charge is 2.27. The van der Waals surface area contributed by atoms with E-state index in [-0.39, 0.29) is 19.1 Å². The molecule has 8 heteroatoms. The van der Waals surface area contributed by atoms with Gasteiger partial charge in [0.15, 0.2) is 0 Å². The van der Waals surface area contributed by atoms with E-state index in [1.54, 1.807) is 19.1 Å². The average molecular weight is 305 g/mol. The number of carbonyl (C=O) groups excluding carboxylic acids is 1. The summed E-state index contributed by atoms with van der Waals surface area (Å²) in [5.41, 5.74) is 1.07. The number of hydrogen-bond acceptors (Lipinski definition) is 4. The quantitative estimate of drug-likeness (QED) is 0.758. The van der Waals surface area contributed by atoms with E-state index in [0.29, 0.717) is 23.6 Å². The van der Waals surface area contributed by atoms with Gasteiger partial charge in [0.2, 0.25) is 0 Å². The van der Waals surface area contributed by atoms with E-state index in [4.69, 9.17) is 0 Å². The number of hydrogen-bond donors (Lipinski definition) is 2. The van der Waals surface area contributed by atoms with Crippen molar-refractivity contribution in [2.24, 2.45) is 0 Å². The van der Waals surface area contributed by atoms with Crippen LogP contribution in [-0.4, -0.2) is 43.4 Å². The number of aromatic nitrogens is 1. The van der Waals surface area contributed by atoms with Crippen LogP contribution in [0.1, 0.15) is 23.0 Å². The molecule has 1 amide bonds. The van der Waals surface area contributed by atoms with Crippen LogP contribution in [0, 0.1) is 6.92 Å². The van der Waals surface area contributed by atoms with Crippen LogP contribution >= 0.6 is 0 Å². The number of carbonyl (C=O) groups is 1. The van der Waals surface area contributed by atoms with Crippen LogP contribution in [0.25, 0.3) is 0 Å². The zero-order chi connectivity index (χ0) is 15.9. The molecule has 0 bridgehead atoms. The Morgan fingerprint density at radius 1 is 1.38 bits per heavy atom. The number of aryl methyl sites for hydroxylation is 1. The SMILES string of the molecule is CCNc1cc(C(=O)NCCOCC(F)(F)F)cc(C)n1. The van der Waals surface area contributed by atoms with Gasteiger partial charge in [-0.2, -0.15) is 13.2 Å². The van der Waals surface area contributed by atoms with E-state index in [0.717, 1.165) is 0 Å². The molecular weight excluding hydrogens is 287 g/mol. The maximum Gasteiger partial charge on any atom is 0.411 e. The number of halogens is 3. The van der Waals surface area contributed by atoms with E-state index in [1.165, 1.54) is 0 Å². The first-order chi connectivity index (χ1) is 9.81. The van der Waals surface area contributed by atoms with Gasteiger partial charge in [0.25, 0.3) is 5.91 Å². The fourth-order valence-corrected chi connectivity index (χ4v) is 1.60.